The Morgan fingerprint density at radius 3 is 2.64 bits per heavy atom. The Morgan fingerprint density at radius 1 is 1.43 bits per heavy atom. The topological polar surface area (TPSA) is 52.3 Å². The first-order valence-electron chi connectivity index (χ1n) is 5.16. The molecule has 1 aliphatic rings. The average molecular weight is 217 g/mol. The van der Waals surface area contributed by atoms with Gasteiger partial charge in [0, 0.05) is 17.0 Å². The van der Waals surface area contributed by atoms with Crippen molar-refractivity contribution in [3.8, 4) is 0 Å². The Balaban J connectivity index is 2.04. The zero-order valence-corrected chi connectivity index (χ0v) is 9.52. The number of rotatable bonds is 4. The summed E-state index contributed by atoms with van der Waals surface area (Å²) in [5, 5.41) is 0.708. The molecule has 0 amide bonds. The highest BCUT2D eigenvalue weighted by Crippen LogP contribution is 2.28. The Morgan fingerprint density at radius 2 is 2.07 bits per heavy atom. The molecular formula is C10H19NO2S. The number of carbonyl (C=O) groups is 1. The normalized spacial score (nSPS) is 27.3. The lowest BCUT2D eigenvalue weighted by molar-refractivity contribution is -0.140. The van der Waals surface area contributed by atoms with E-state index in [1.807, 2.05) is 11.8 Å². The molecule has 0 bridgehead atoms. The summed E-state index contributed by atoms with van der Waals surface area (Å²) in [6.45, 7) is 0. The third-order valence-corrected chi connectivity index (χ3v) is 3.99. The molecule has 1 aliphatic carbocycles. The predicted molar refractivity (Wildman–Crippen MR) is 59.3 cm³/mol. The van der Waals surface area contributed by atoms with Gasteiger partial charge in [0.15, 0.2) is 0 Å². The largest absolute Gasteiger partial charge is 0.469 e. The third-order valence-electron chi connectivity index (χ3n) is 2.61. The van der Waals surface area contributed by atoms with Gasteiger partial charge >= 0.3 is 5.97 Å². The van der Waals surface area contributed by atoms with E-state index in [1.54, 1.807) is 0 Å². The molecule has 0 aliphatic heterocycles. The van der Waals surface area contributed by atoms with E-state index < -0.39 is 0 Å². The fourth-order valence-electron chi connectivity index (χ4n) is 1.67. The summed E-state index contributed by atoms with van der Waals surface area (Å²) < 4.78 is 4.58. The number of methoxy groups -OCH3 is 1. The molecule has 0 aromatic heterocycles. The lowest BCUT2D eigenvalue weighted by Crippen LogP contribution is -2.27. The van der Waals surface area contributed by atoms with Crippen molar-refractivity contribution < 1.29 is 9.53 Å². The molecule has 3 nitrogen and oxygen atoms in total. The van der Waals surface area contributed by atoms with Crippen LogP contribution in [0.25, 0.3) is 0 Å². The lowest BCUT2D eigenvalue weighted by Gasteiger charge is -2.25. The summed E-state index contributed by atoms with van der Waals surface area (Å²) in [5.41, 5.74) is 5.81. The fourth-order valence-corrected chi connectivity index (χ4v) is 2.89. The number of hydrogen-bond acceptors (Lipinski definition) is 4. The SMILES string of the molecule is COC(=O)CCSC1CCC(N)CC1. The molecule has 1 fully saturated rings. The number of ether oxygens (including phenoxy) is 1. The molecule has 0 saturated heterocycles. The van der Waals surface area contributed by atoms with Crippen LogP contribution < -0.4 is 5.73 Å². The average Bonchev–Trinajstić information content (AvgIpc) is 2.21. The Labute approximate surface area is 89.8 Å². The van der Waals surface area contributed by atoms with E-state index in [4.69, 9.17) is 5.73 Å². The van der Waals surface area contributed by atoms with E-state index in [2.05, 4.69) is 4.74 Å². The van der Waals surface area contributed by atoms with Crippen LogP contribution in [0, 0.1) is 0 Å². The Hall–Kier alpha value is -0.220. The minimum atomic E-state index is -0.106. The van der Waals surface area contributed by atoms with Crippen LogP contribution >= 0.6 is 11.8 Å². The molecule has 1 saturated carbocycles. The number of esters is 1. The second-order valence-electron chi connectivity index (χ2n) is 3.73. The number of thioether (sulfide) groups is 1. The number of nitrogens with two attached hydrogens (primary N) is 1. The predicted octanol–water partition coefficient (Wildman–Crippen LogP) is 1.55. The van der Waals surface area contributed by atoms with Gasteiger partial charge in [-0.3, -0.25) is 4.79 Å². The van der Waals surface area contributed by atoms with Crippen molar-refractivity contribution in [2.75, 3.05) is 12.9 Å². The van der Waals surface area contributed by atoms with Crippen LogP contribution in [0.5, 0.6) is 0 Å². The second-order valence-corrected chi connectivity index (χ2v) is 5.14. The van der Waals surface area contributed by atoms with Gasteiger partial charge in [0.05, 0.1) is 13.5 Å². The van der Waals surface area contributed by atoms with E-state index in [9.17, 15) is 4.79 Å². The van der Waals surface area contributed by atoms with Gasteiger partial charge in [-0.15, -0.1) is 0 Å². The first kappa shape index (κ1) is 11.9. The molecular weight excluding hydrogens is 198 g/mol. The first-order valence-corrected chi connectivity index (χ1v) is 6.21. The van der Waals surface area contributed by atoms with Crippen LogP contribution in [-0.4, -0.2) is 30.1 Å². The first-order chi connectivity index (χ1) is 6.72. The fraction of sp³-hybridized carbons (Fsp3) is 0.900. The highest BCUT2D eigenvalue weighted by atomic mass is 32.2. The van der Waals surface area contributed by atoms with Crippen molar-refractivity contribution in [2.24, 2.45) is 5.73 Å². The summed E-state index contributed by atoms with van der Waals surface area (Å²) in [6.07, 6.45) is 5.20. The molecule has 4 heteroatoms. The highest BCUT2D eigenvalue weighted by Gasteiger charge is 2.18. The maximum Gasteiger partial charge on any atom is 0.306 e. The highest BCUT2D eigenvalue weighted by molar-refractivity contribution is 7.99. The Kier molecular flexibility index (Phi) is 5.33. The summed E-state index contributed by atoms with van der Waals surface area (Å²) in [7, 11) is 1.44. The monoisotopic (exact) mass is 217 g/mol. The smallest absolute Gasteiger partial charge is 0.306 e. The van der Waals surface area contributed by atoms with Crippen LogP contribution in [0.2, 0.25) is 0 Å². The standard InChI is InChI=1S/C10H19NO2S/c1-13-10(12)6-7-14-9-4-2-8(11)3-5-9/h8-9H,2-7,11H2,1H3. The van der Waals surface area contributed by atoms with E-state index in [0.717, 1.165) is 18.6 Å². The molecule has 0 aromatic carbocycles. The van der Waals surface area contributed by atoms with Crippen molar-refractivity contribution in [3.63, 3.8) is 0 Å². The van der Waals surface area contributed by atoms with E-state index in [0.29, 0.717) is 17.7 Å². The minimum absolute atomic E-state index is 0.106. The molecule has 1 rings (SSSR count). The van der Waals surface area contributed by atoms with Gasteiger partial charge in [0.1, 0.15) is 0 Å². The molecule has 0 aromatic rings. The van der Waals surface area contributed by atoms with Crippen LogP contribution in [0.1, 0.15) is 32.1 Å². The molecule has 82 valence electrons. The molecule has 0 spiro atoms. The quantitative estimate of drug-likeness (QED) is 0.726. The third kappa shape index (κ3) is 4.33. The van der Waals surface area contributed by atoms with Gasteiger partial charge in [-0.25, -0.2) is 0 Å². The molecule has 0 unspecified atom stereocenters. The minimum Gasteiger partial charge on any atom is -0.469 e. The van der Waals surface area contributed by atoms with Crippen molar-refractivity contribution in [3.05, 3.63) is 0 Å². The molecule has 0 atom stereocenters. The molecule has 2 N–H and O–H groups in total. The van der Waals surface area contributed by atoms with Crippen LogP contribution in [0.15, 0.2) is 0 Å². The van der Waals surface area contributed by atoms with Gasteiger partial charge in [0.25, 0.3) is 0 Å². The van der Waals surface area contributed by atoms with Crippen LogP contribution in [0.4, 0.5) is 0 Å². The van der Waals surface area contributed by atoms with Gasteiger partial charge in [-0.05, 0) is 25.7 Å². The zero-order chi connectivity index (χ0) is 10.4. The van der Waals surface area contributed by atoms with E-state index in [1.165, 1.54) is 20.0 Å². The Bertz CT molecular complexity index is 179. The molecule has 14 heavy (non-hydrogen) atoms. The van der Waals surface area contributed by atoms with E-state index >= 15 is 0 Å². The summed E-state index contributed by atoms with van der Waals surface area (Å²) in [5.74, 6) is 0.775. The van der Waals surface area contributed by atoms with Crippen LogP contribution in [0.3, 0.4) is 0 Å². The van der Waals surface area contributed by atoms with Gasteiger partial charge < -0.3 is 10.5 Å². The lowest BCUT2D eigenvalue weighted by atomic mass is 9.96. The van der Waals surface area contributed by atoms with Gasteiger partial charge in [-0.2, -0.15) is 11.8 Å². The summed E-state index contributed by atoms with van der Waals surface area (Å²) >= 11 is 1.89. The van der Waals surface area contributed by atoms with E-state index in [-0.39, 0.29) is 5.97 Å². The maximum atomic E-state index is 10.8. The van der Waals surface area contributed by atoms with Crippen molar-refractivity contribution >= 4 is 17.7 Å². The van der Waals surface area contributed by atoms with Crippen molar-refractivity contribution in [2.45, 2.75) is 43.4 Å². The second kappa shape index (κ2) is 6.30. The summed E-state index contributed by atoms with van der Waals surface area (Å²) in [4.78, 5) is 10.8. The van der Waals surface area contributed by atoms with Gasteiger partial charge in [0.2, 0.25) is 0 Å². The van der Waals surface area contributed by atoms with Gasteiger partial charge in [-0.1, -0.05) is 0 Å². The van der Waals surface area contributed by atoms with Crippen LogP contribution in [-0.2, 0) is 9.53 Å². The number of carbonyl (C=O) groups excluding carboxylic acids is 1. The van der Waals surface area contributed by atoms with Crippen molar-refractivity contribution in [1.82, 2.24) is 0 Å². The molecule has 0 heterocycles. The number of hydrogen-bond donors (Lipinski definition) is 1. The molecule has 0 radical (unpaired) electrons. The van der Waals surface area contributed by atoms with Crippen molar-refractivity contribution in [1.29, 1.82) is 0 Å². The maximum absolute atomic E-state index is 10.8. The zero-order valence-electron chi connectivity index (χ0n) is 8.70. The summed E-state index contributed by atoms with van der Waals surface area (Å²) in [6, 6.07) is 0.410.